The van der Waals surface area contributed by atoms with Gasteiger partial charge < -0.3 is 15.6 Å². The average Bonchev–Trinajstić information content (AvgIpc) is 3.44. The van der Waals surface area contributed by atoms with Gasteiger partial charge in [0, 0.05) is 30.1 Å². The van der Waals surface area contributed by atoms with E-state index in [1.807, 2.05) is 35.8 Å². The van der Waals surface area contributed by atoms with Crippen LogP contribution in [-0.4, -0.2) is 22.8 Å². The Kier molecular flexibility index (Phi) is 6.13. The number of aryl methyl sites for hydroxylation is 1. The third-order valence-electron chi connectivity index (χ3n) is 5.17. The van der Waals surface area contributed by atoms with E-state index in [0.29, 0.717) is 22.4 Å². The normalized spacial score (nSPS) is 11.9. The van der Waals surface area contributed by atoms with E-state index in [1.54, 1.807) is 31.2 Å². The molecule has 2 aromatic heterocycles. The van der Waals surface area contributed by atoms with Crippen molar-refractivity contribution in [2.45, 2.75) is 25.9 Å². The van der Waals surface area contributed by atoms with Crippen molar-refractivity contribution in [1.29, 1.82) is 0 Å². The minimum absolute atomic E-state index is 0.176. The van der Waals surface area contributed by atoms with Crippen molar-refractivity contribution < 1.29 is 14.0 Å². The number of nitrogens with one attached hydrogen (secondary N) is 3. The zero-order chi connectivity index (χ0) is 21.8. The zero-order valence-electron chi connectivity index (χ0n) is 16.9. The largest absolute Gasteiger partial charge is 0.361 e. The van der Waals surface area contributed by atoms with Gasteiger partial charge in [-0.05, 0) is 47.2 Å². The number of aromatic nitrogens is 1. The molecule has 0 radical (unpaired) electrons. The van der Waals surface area contributed by atoms with Crippen LogP contribution in [0.1, 0.15) is 26.4 Å². The van der Waals surface area contributed by atoms with Crippen LogP contribution in [0.5, 0.6) is 0 Å². The van der Waals surface area contributed by atoms with Gasteiger partial charge in [0.1, 0.15) is 11.9 Å². The standard InChI is InChI=1S/C24H22FN3O2S/c1-15-8-9-16(11-19(15)25)13-27-23(29)21(28-24(30)22-7-4-10-31-22)12-17-14-26-20-6-3-2-5-18(17)20/h2-11,14,21,26H,12-13H2,1H3,(H,27,29)(H,28,30)/t21-/m0/s1. The van der Waals surface area contributed by atoms with Crippen molar-refractivity contribution in [3.63, 3.8) is 0 Å². The van der Waals surface area contributed by atoms with Gasteiger partial charge in [0.05, 0.1) is 4.88 Å². The lowest BCUT2D eigenvalue weighted by Crippen LogP contribution is -2.47. The number of fused-ring (bicyclic) bond motifs is 1. The van der Waals surface area contributed by atoms with E-state index in [1.165, 1.54) is 17.4 Å². The summed E-state index contributed by atoms with van der Waals surface area (Å²) in [6.07, 6.45) is 2.19. The molecule has 0 spiro atoms. The van der Waals surface area contributed by atoms with E-state index < -0.39 is 6.04 Å². The van der Waals surface area contributed by atoms with Crippen LogP contribution in [0.3, 0.4) is 0 Å². The SMILES string of the molecule is Cc1ccc(CNC(=O)[C@H](Cc2c[nH]c3ccccc23)NC(=O)c2cccs2)cc1F. The van der Waals surface area contributed by atoms with E-state index >= 15 is 0 Å². The second-order valence-corrected chi connectivity index (χ2v) is 8.32. The Hall–Kier alpha value is -3.45. The van der Waals surface area contributed by atoms with Crippen molar-refractivity contribution in [2.24, 2.45) is 0 Å². The van der Waals surface area contributed by atoms with Crippen molar-refractivity contribution in [1.82, 2.24) is 15.6 Å². The summed E-state index contributed by atoms with van der Waals surface area (Å²) in [5, 5.41) is 8.50. The number of amides is 2. The molecule has 2 amide bonds. The second-order valence-electron chi connectivity index (χ2n) is 7.37. The molecular formula is C24H22FN3O2S. The highest BCUT2D eigenvalue weighted by Crippen LogP contribution is 2.20. The van der Waals surface area contributed by atoms with Crippen LogP contribution in [-0.2, 0) is 17.8 Å². The first-order valence-corrected chi connectivity index (χ1v) is 10.8. The van der Waals surface area contributed by atoms with Crippen LogP contribution in [0.2, 0.25) is 0 Å². The number of benzene rings is 2. The van der Waals surface area contributed by atoms with Crippen molar-refractivity contribution in [2.75, 3.05) is 0 Å². The maximum atomic E-state index is 13.8. The van der Waals surface area contributed by atoms with Gasteiger partial charge in [-0.2, -0.15) is 0 Å². The Morgan fingerprint density at radius 1 is 1.13 bits per heavy atom. The highest BCUT2D eigenvalue weighted by Gasteiger charge is 2.23. The average molecular weight is 436 g/mol. The zero-order valence-corrected chi connectivity index (χ0v) is 17.8. The molecule has 158 valence electrons. The number of para-hydroxylation sites is 1. The van der Waals surface area contributed by atoms with Gasteiger partial charge in [0.15, 0.2) is 0 Å². The fraction of sp³-hybridized carbons (Fsp3) is 0.167. The molecule has 4 rings (SSSR count). The summed E-state index contributed by atoms with van der Waals surface area (Å²) in [7, 11) is 0. The Morgan fingerprint density at radius 3 is 2.74 bits per heavy atom. The molecule has 0 unspecified atom stereocenters. The van der Waals surface area contributed by atoms with Gasteiger partial charge in [-0.15, -0.1) is 11.3 Å². The minimum atomic E-state index is -0.774. The first kappa shape index (κ1) is 20.8. The summed E-state index contributed by atoms with van der Waals surface area (Å²) in [6, 6.07) is 15.4. The topological polar surface area (TPSA) is 74.0 Å². The van der Waals surface area contributed by atoms with Crippen molar-refractivity contribution >= 4 is 34.1 Å². The van der Waals surface area contributed by atoms with Crippen molar-refractivity contribution in [3.05, 3.63) is 93.6 Å². The lowest BCUT2D eigenvalue weighted by Gasteiger charge is -2.18. The summed E-state index contributed by atoms with van der Waals surface area (Å²) in [5.74, 6) is -0.930. The number of hydrogen-bond donors (Lipinski definition) is 3. The van der Waals surface area contributed by atoms with Gasteiger partial charge in [0.25, 0.3) is 5.91 Å². The summed E-state index contributed by atoms with van der Waals surface area (Å²) in [5.41, 5.74) is 3.11. The Labute approximate surface area is 183 Å². The molecule has 0 saturated heterocycles. The molecule has 31 heavy (non-hydrogen) atoms. The molecule has 2 aromatic carbocycles. The number of halogens is 1. The molecule has 0 saturated carbocycles. The number of hydrogen-bond acceptors (Lipinski definition) is 3. The highest BCUT2D eigenvalue weighted by molar-refractivity contribution is 7.12. The first-order chi connectivity index (χ1) is 15.0. The molecule has 1 atom stereocenters. The summed E-state index contributed by atoms with van der Waals surface area (Å²) in [4.78, 5) is 29.4. The predicted octanol–water partition coefficient (Wildman–Crippen LogP) is 4.33. The van der Waals surface area contributed by atoms with Crippen LogP contribution in [0, 0.1) is 12.7 Å². The molecule has 0 aliphatic carbocycles. The van der Waals surface area contributed by atoms with Gasteiger partial charge in [0.2, 0.25) is 5.91 Å². The molecular weight excluding hydrogens is 413 g/mol. The Balaban J connectivity index is 1.52. The van der Waals surface area contributed by atoms with Gasteiger partial charge in [-0.25, -0.2) is 4.39 Å². The number of thiophene rings is 1. The van der Waals surface area contributed by atoms with E-state index in [0.717, 1.165) is 16.5 Å². The molecule has 4 aromatic rings. The van der Waals surface area contributed by atoms with Crippen LogP contribution in [0.15, 0.2) is 66.2 Å². The monoisotopic (exact) mass is 435 g/mol. The summed E-state index contributed by atoms with van der Waals surface area (Å²) in [6.45, 7) is 1.87. The fourth-order valence-electron chi connectivity index (χ4n) is 3.43. The number of rotatable bonds is 7. The molecule has 0 aliphatic heterocycles. The van der Waals surface area contributed by atoms with E-state index in [4.69, 9.17) is 0 Å². The number of carbonyl (C=O) groups is 2. The van der Waals surface area contributed by atoms with E-state index in [-0.39, 0.29) is 24.2 Å². The Morgan fingerprint density at radius 2 is 1.97 bits per heavy atom. The number of carbonyl (C=O) groups excluding carboxylic acids is 2. The molecule has 0 aliphatic rings. The van der Waals surface area contributed by atoms with Crippen molar-refractivity contribution in [3.8, 4) is 0 Å². The lowest BCUT2D eigenvalue weighted by atomic mass is 10.0. The maximum Gasteiger partial charge on any atom is 0.262 e. The number of H-pyrrole nitrogens is 1. The minimum Gasteiger partial charge on any atom is -0.361 e. The quantitative estimate of drug-likeness (QED) is 0.404. The molecule has 2 heterocycles. The second kappa shape index (κ2) is 9.14. The molecule has 7 heteroatoms. The van der Waals surface area contributed by atoms with E-state index in [2.05, 4.69) is 15.6 Å². The third-order valence-corrected chi connectivity index (χ3v) is 6.04. The molecule has 0 fully saturated rings. The Bertz CT molecular complexity index is 1220. The maximum absolute atomic E-state index is 13.8. The van der Waals surface area contributed by atoms with E-state index in [9.17, 15) is 14.0 Å². The fourth-order valence-corrected chi connectivity index (χ4v) is 4.05. The molecule has 0 bridgehead atoms. The van der Waals surface area contributed by atoms with Crippen LogP contribution in [0.25, 0.3) is 10.9 Å². The predicted molar refractivity (Wildman–Crippen MR) is 121 cm³/mol. The first-order valence-electron chi connectivity index (χ1n) is 9.93. The lowest BCUT2D eigenvalue weighted by molar-refractivity contribution is -0.123. The van der Waals surface area contributed by atoms with Crippen LogP contribution < -0.4 is 10.6 Å². The molecule has 3 N–H and O–H groups in total. The van der Waals surface area contributed by atoms with Gasteiger partial charge in [-0.1, -0.05) is 36.4 Å². The highest BCUT2D eigenvalue weighted by atomic mass is 32.1. The molecule has 5 nitrogen and oxygen atoms in total. The number of aromatic amines is 1. The summed E-state index contributed by atoms with van der Waals surface area (Å²) >= 11 is 1.32. The van der Waals surface area contributed by atoms with Gasteiger partial charge >= 0.3 is 0 Å². The third kappa shape index (κ3) is 4.83. The van der Waals surface area contributed by atoms with Gasteiger partial charge in [-0.3, -0.25) is 9.59 Å². The van der Waals surface area contributed by atoms with Crippen LogP contribution >= 0.6 is 11.3 Å². The van der Waals surface area contributed by atoms with Crippen LogP contribution in [0.4, 0.5) is 4.39 Å². The summed E-state index contributed by atoms with van der Waals surface area (Å²) < 4.78 is 13.8. The smallest absolute Gasteiger partial charge is 0.262 e.